The molecule has 4 rings (SSSR count). The van der Waals surface area contributed by atoms with Crippen LogP contribution >= 0.6 is 0 Å². The Kier molecular flexibility index (Phi) is 5.42. The van der Waals surface area contributed by atoms with Crippen molar-refractivity contribution in [2.75, 3.05) is 9.62 Å². The van der Waals surface area contributed by atoms with E-state index >= 15 is 0 Å². The second-order valence-corrected chi connectivity index (χ2v) is 8.88. The van der Waals surface area contributed by atoms with Crippen LogP contribution in [-0.2, 0) is 23.0 Å². The molecule has 6 heteroatoms. The van der Waals surface area contributed by atoms with Crippen molar-refractivity contribution in [2.45, 2.75) is 19.9 Å². The minimum Gasteiger partial charge on any atom is -0.360 e. The quantitative estimate of drug-likeness (QED) is 0.608. The molecule has 0 saturated heterocycles. The Morgan fingerprint density at radius 1 is 0.900 bits per heavy atom. The molecule has 0 atom stereocenters. The Hall–Kier alpha value is -3.38. The molecule has 1 aliphatic heterocycles. The van der Waals surface area contributed by atoms with Crippen molar-refractivity contribution in [3.63, 3.8) is 0 Å². The van der Waals surface area contributed by atoms with Crippen LogP contribution in [0.25, 0.3) is 0 Å². The van der Waals surface area contributed by atoms with Crippen LogP contribution in [0.1, 0.15) is 28.4 Å². The molecule has 0 unspecified atom stereocenters. The molecule has 3 aromatic carbocycles. The molecule has 0 radical (unpaired) electrons. The lowest BCUT2D eigenvalue weighted by Gasteiger charge is -2.31. The molecule has 1 N–H and O–H groups in total. The molecule has 5 nitrogen and oxygen atoms in total. The number of nitrogens with zero attached hydrogens (tertiary/aromatic N) is 1. The maximum atomic E-state index is 13.4. The topological polar surface area (TPSA) is 66.5 Å². The van der Waals surface area contributed by atoms with Crippen molar-refractivity contribution < 1.29 is 13.2 Å². The first-order chi connectivity index (χ1) is 14.5. The number of nitrogens with one attached hydrogen (secondary N) is 1. The van der Waals surface area contributed by atoms with Crippen LogP contribution in [0.5, 0.6) is 0 Å². The molecule has 0 aromatic heterocycles. The fourth-order valence-corrected chi connectivity index (χ4v) is 5.00. The van der Waals surface area contributed by atoms with Gasteiger partial charge in [-0.3, -0.25) is 9.10 Å². The van der Waals surface area contributed by atoms with Gasteiger partial charge >= 0.3 is 0 Å². The molecule has 1 aliphatic rings. The SMILES string of the molecule is CCc1cccc(NC=C2C(=O)c3ccccc3N(Cc3ccccc3)S2(=O)=O)c1. The molecular formula is C24H22N2O3S. The number of fused-ring (bicyclic) bond motifs is 1. The zero-order valence-electron chi connectivity index (χ0n) is 16.6. The number of carbonyl (C=O) groups is 1. The Labute approximate surface area is 176 Å². The first-order valence-corrected chi connectivity index (χ1v) is 11.2. The highest BCUT2D eigenvalue weighted by molar-refractivity contribution is 7.97. The van der Waals surface area contributed by atoms with Crippen LogP contribution < -0.4 is 9.62 Å². The van der Waals surface area contributed by atoms with Gasteiger partial charge in [0.15, 0.2) is 4.91 Å². The number of ketones is 1. The number of allylic oxidation sites excluding steroid dienone is 1. The van der Waals surface area contributed by atoms with E-state index in [2.05, 4.69) is 5.32 Å². The third kappa shape index (κ3) is 3.74. The largest absolute Gasteiger partial charge is 0.360 e. The van der Waals surface area contributed by atoms with Gasteiger partial charge in [-0.05, 0) is 41.8 Å². The van der Waals surface area contributed by atoms with Crippen molar-refractivity contribution in [3.05, 3.63) is 107 Å². The molecule has 0 fully saturated rings. The Bertz CT molecular complexity index is 1220. The number of hydrogen-bond donors (Lipinski definition) is 1. The van der Waals surface area contributed by atoms with Crippen LogP contribution in [0.15, 0.2) is 90.0 Å². The third-order valence-electron chi connectivity index (χ3n) is 5.08. The zero-order chi connectivity index (χ0) is 21.1. The van der Waals surface area contributed by atoms with Gasteiger partial charge < -0.3 is 5.32 Å². The zero-order valence-corrected chi connectivity index (χ0v) is 17.4. The summed E-state index contributed by atoms with van der Waals surface area (Å²) in [5, 5.41) is 3.00. The second-order valence-electron chi connectivity index (χ2n) is 7.05. The number of benzene rings is 3. The summed E-state index contributed by atoms with van der Waals surface area (Å²) in [4.78, 5) is 12.8. The maximum absolute atomic E-state index is 13.4. The van der Waals surface area contributed by atoms with Gasteiger partial charge in [0.05, 0.1) is 12.2 Å². The van der Waals surface area contributed by atoms with Crippen LogP contribution in [0.3, 0.4) is 0 Å². The fraction of sp³-hybridized carbons (Fsp3) is 0.125. The van der Waals surface area contributed by atoms with Gasteiger partial charge in [-0.25, -0.2) is 8.42 Å². The second kappa shape index (κ2) is 8.16. The van der Waals surface area contributed by atoms with E-state index in [1.54, 1.807) is 24.3 Å². The summed E-state index contributed by atoms with van der Waals surface area (Å²) in [6, 6.07) is 23.8. The molecule has 0 bridgehead atoms. The van der Waals surface area contributed by atoms with Gasteiger partial charge in [-0.2, -0.15) is 0 Å². The van der Waals surface area contributed by atoms with E-state index in [4.69, 9.17) is 0 Å². The number of Topliss-reactive ketones (excluding diaryl/α,β-unsaturated/α-hetero) is 1. The van der Waals surface area contributed by atoms with Gasteiger partial charge in [0, 0.05) is 17.5 Å². The fourth-order valence-electron chi connectivity index (χ4n) is 3.47. The monoisotopic (exact) mass is 418 g/mol. The molecule has 0 saturated carbocycles. The summed E-state index contributed by atoms with van der Waals surface area (Å²) in [5.41, 5.74) is 3.47. The normalized spacial score (nSPS) is 16.4. The molecular weight excluding hydrogens is 396 g/mol. The predicted octanol–water partition coefficient (Wildman–Crippen LogP) is 4.74. The maximum Gasteiger partial charge on any atom is 0.270 e. The Morgan fingerprint density at radius 3 is 2.37 bits per heavy atom. The highest BCUT2D eigenvalue weighted by Crippen LogP contribution is 2.36. The van der Waals surface area contributed by atoms with E-state index in [9.17, 15) is 13.2 Å². The minimum absolute atomic E-state index is 0.149. The van der Waals surface area contributed by atoms with E-state index < -0.39 is 15.8 Å². The number of rotatable bonds is 5. The summed E-state index contributed by atoms with van der Waals surface area (Å²) >= 11 is 0. The van der Waals surface area contributed by atoms with Crippen LogP contribution in [0.2, 0.25) is 0 Å². The highest BCUT2D eigenvalue weighted by atomic mass is 32.2. The van der Waals surface area contributed by atoms with E-state index in [0.717, 1.165) is 23.2 Å². The lowest BCUT2D eigenvalue weighted by Crippen LogP contribution is -2.39. The molecule has 152 valence electrons. The summed E-state index contributed by atoms with van der Waals surface area (Å²) in [6.07, 6.45) is 2.17. The van der Waals surface area contributed by atoms with Crippen molar-refractivity contribution in [1.82, 2.24) is 0 Å². The van der Waals surface area contributed by atoms with Gasteiger partial charge in [-0.15, -0.1) is 0 Å². The third-order valence-corrected chi connectivity index (χ3v) is 6.85. The summed E-state index contributed by atoms with van der Waals surface area (Å²) in [6.45, 7) is 2.20. The molecule has 0 spiro atoms. The van der Waals surface area contributed by atoms with E-state index in [1.165, 1.54) is 10.5 Å². The Morgan fingerprint density at radius 2 is 1.60 bits per heavy atom. The lowest BCUT2D eigenvalue weighted by atomic mass is 10.1. The smallest absolute Gasteiger partial charge is 0.270 e. The van der Waals surface area contributed by atoms with Gasteiger partial charge in [0.2, 0.25) is 5.78 Å². The summed E-state index contributed by atoms with van der Waals surface area (Å²) in [7, 11) is -4.03. The van der Waals surface area contributed by atoms with E-state index in [-0.39, 0.29) is 11.4 Å². The minimum atomic E-state index is -4.03. The summed E-state index contributed by atoms with van der Waals surface area (Å²) in [5.74, 6) is -0.506. The van der Waals surface area contributed by atoms with E-state index in [1.807, 2.05) is 61.5 Å². The predicted molar refractivity (Wildman–Crippen MR) is 120 cm³/mol. The molecule has 0 aliphatic carbocycles. The Balaban J connectivity index is 1.76. The standard InChI is InChI=1S/C24H22N2O3S/c1-2-18-11-8-12-20(15-18)25-16-23-24(27)21-13-6-7-14-22(21)26(30(23,28)29)17-19-9-4-3-5-10-19/h3-16,25H,2,17H2,1H3. The number of anilines is 2. The average molecular weight is 419 g/mol. The van der Waals surface area contributed by atoms with Gasteiger partial charge in [0.1, 0.15) is 0 Å². The van der Waals surface area contributed by atoms with Crippen LogP contribution in [-0.4, -0.2) is 14.2 Å². The number of carbonyl (C=O) groups excluding carboxylic acids is 1. The van der Waals surface area contributed by atoms with Crippen molar-refractivity contribution in [2.24, 2.45) is 0 Å². The van der Waals surface area contributed by atoms with Gasteiger partial charge in [-0.1, -0.05) is 61.5 Å². The van der Waals surface area contributed by atoms with Gasteiger partial charge in [0.25, 0.3) is 10.0 Å². The molecule has 1 heterocycles. The molecule has 3 aromatic rings. The van der Waals surface area contributed by atoms with Crippen molar-refractivity contribution in [3.8, 4) is 0 Å². The number of hydrogen-bond acceptors (Lipinski definition) is 4. The first kappa shape index (κ1) is 19.9. The number of aryl methyl sites for hydroxylation is 1. The highest BCUT2D eigenvalue weighted by Gasteiger charge is 2.39. The molecule has 30 heavy (non-hydrogen) atoms. The lowest BCUT2D eigenvalue weighted by molar-refractivity contribution is 0.104. The van der Waals surface area contributed by atoms with Crippen molar-refractivity contribution in [1.29, 1.82) is 0 Å². The summed E-state index contributed by atoms with van der Waals surface area (Å²) < 4.78 is 28.2. The number of para-hydroxylation sites is 1. The van der Waals surface area contributed by atoms with Crippen LogP contribution in [0.4, 0.5) is 11.4 Å². The van der Waals surface area contributed by atoms with Crippen molar-refractivity contribution >= 4 is 27.2 Å². The van der Waals surface area contributed by atoms with Crippen LogP contribution in [0, 0.1) is 0 Å². The molecule has 0 amide bonds. The van der Waals surface area contributed by atoms with E-state index in [0.29, 0.717) is 11.3 Å². The average Bonchev–Trinajstić information content (AvgIpc) is 2.77. The first-order valence-electron chi connectivity index (χ1n) is 9.76. The number of sulfonamides is 1.